The number of hydrogen-bond acceptors (Lipinski definition) is 2. The molecule has 0 bridgehead atoms. The van der Waals surface area contributed by atoms with Crippen molar-refractivity contribution in [3.63, 3.8) is 0 Å². The molecule has 0 saturated carbocycles. The molecule has 0 spiro atoms. The van der Waals surface area contributed by atoms with Gasteiger partial charge in [-0.2, -0.15) is 0 Å². The Morgan fingerprint density at radius 2 is 1.76 bits per heavy atom. The van der Waals surface area contributed by atoms with E-state index in [0.717, 1.165) is 11.3 Å². The third kappa shape index (κ3) is 5.85. The van der Waals surface area contributed by atoms with Crippen LogP contribution < -0.4 is 16.0 Å². The average molecular weight is 291 g/mol. The van der Waals surface area contributed by atoms with E-state index in [-0.39, 0.29) is 29.9 Å². The Labute approximate surface area is 126 Å². The summed E-state index contributed by atoms with van der Waals surface area (Å²) in [6, 6.07) is 7.38. The molecule has 0 aliphatic heterocycles. The summed E-state index contributed by atoms with van der Waals surface area (Å²) in [5, 5.41) is 8.04. The van der Waals surface area contributed by atoms with Crippen molar-refractivity contribution in [2.45, 2.75) is 46.1 Å². The van der Waals surface area contributed by atoms with Gasteiger partial charge in [-0.15, -0.1) is 0 Å². The van der Waals surface area contributed by atoms with Crippen molar-refractivity contribution in [3.05, 3.63) is 29.8 Å². The van der Waals surface area contributed by atoms with Gasteiger partial charge in [-0.3, -0.25) is 4.79 Å². The molecule has 21 heavy (non-hydrogen) atoms. The van der Waals surface area contributed by atoms with Gasteiger partial charge in [-0.05, 0) is 30.9 Å². The zero-order valence-corrected chi connectivity index (χ0v) is 13.4. The highest BCUT2D eigenvalue weighted by molar-refractivity contribution is 5.95. The fraction of sp³-hybridized carbons (Fsp3) is 0.500. The molecule has 0 saturated heterocycles. The van der Waals surface area contributed by atoms with Crippen molar-refractivity contribution in [1.82, 2.24) is 10.6 Å². The number of hydrogen-bond donors (Lipinski definition) is 3. The number of carbonyl (C=O) groups is 2. The van der Waals surface area contributed by atoms with Gasteiger partial charge in [0.05, 0.1) is 6.54 Å². The highest BCUT2D eigenvalue weighted by Crippen LogP contribution is 2.28. The van der Waals surface area contributed by atoms with Gasteiger partial charge in [0.25, 0.3) is 0 Å². The minimum absolute atomic E-state index is 0.0367. The number of benzene rings is 1. The number of nitrogens with one attached hydrogen (secondary N) is 3. The molecule has 3 amide bonds. The van der Waals surface area contributed by atoms with Gasteiger partial charge in [0.15, 0.2) is 0 Å². The van der Waals surface area contributed by atoms with Crippen molar-refractivity contribution in [3.8, 4) is 0 Å². The first-order chi connectivity index (χ1) is 9.70. The summed E-state index contributed by atoms with van der Waals surface area (Å²) in [6.07, 6.45) is 0. The zero-order chi connectivity index (χ0) is 16.0. The number of para-hydroxylation sites is 1. The first-order valence-electron chi connectivity index (χ1n) is 7.14. The van der Waals surface area contributed by atoms with Crippen molar-refractivity contribution in [1.29, 1.82) is 0 Å². The van der Waals surface area contributed by atoms with Gasteiger partial charge in [0, 0.05) is 11.7 Å². The molecule has 0 heterocycles. The van der Waals surface area contributed by atoms with Crippen LogP contribution in [0.3, 0.4) is 0 Å². The second kappa shape index (κ2) is 7.11. The lowest BCUT2D eigenvalue weighted by molar-refractivity contribution is -0.115. The zero-order valence-electron chi connectivity index (χ0n) is 13.4. The third-order valence-corrected chi connectivity index (χ3v) is 2.84. The van der Waals surface area contributed by atoms with Crippen molar-refractivity contribution < 1.29 is 9.59 Å². The maximum Gasteiger partial charge on any atom is 0.315 e. The number of carbonyl (C=O) groups excluding carboxylic acids is 2. The second-order valence-electron chi connectivity index (χ2n) is 6.33. The predicted octanol–water partition coefficient (Wildman–Crippen LogP) is 2.63. The normalized spacial score (nSPS) is 11.1. The maximum absolute atomic E-state index is 11.9. The monoisotopic (exact) mass is 291 g/mol. The number of anilines is 1. The van der Waals surface area contributed by atoms with Crippen molar-refractivity contribution in [2.24, 2.45) is 0 Å². The van der Waals surface area contributed by atoms with E-state index in [9.17, 15) is 9.59 Å². The maximum atomic E-state index is 11.9. The SMILES string of the molecule is CC(C)NC(=O)NCC(=O)Nc1ccccc1C(C)(C)C. The summed E-state index contributed by atoms with van der Waals surface area (Å²) < 4.78 is 0. The minimum atomic E-state index is -0.343. The summed E-state index contributed by atoms with van der Waals surface area (Å²) in [4.78, 5) is 23.4. The van der Waals surface area contributed by atoms with Gasteiger partial charge < -0.3 is 16.0 Å². The van der Waals surface area contributed by atoms with E-state index in [2.05, 4.69) is 36.7 Å². The van der Waals surface area contributed by atoms with E-state index in [1.807, 2.05) is 38.1 Å². The van der Waals surface area contributed by atoms with Crippen LogP contribution in [0.15, 0.2) is 24.3 Å². The lowest BCUT2D eigenvalue weighted by Crippen LogP contribution is -2.42. The van der Waals surface area contributed by atoms with Gasteiger partial charge in [0.2, 0.25) is 5.91 Å². The predicted molar refractivity (Wildman–Crippen MR) is 85.4 cm³/mol. The fourth-order valence-electron chi connectivity index (χ4n) is 1.91. The van der Waals surface area contributed by atoms with Gasteiger partial charge >= 0.3 is 6.03 Å². The van der Waals surface area contributed by atoms with E-state index in [1.54, 1.807) is 0 Å². The van der Waals surface area contributed by atoms with Crippen molar-refractivity contribution in [2.75, 3.05) is 11.9 Å². The molecule has 0 aliphatic carbocycles. The van der Waals surface area contributed by atoms with Gasteiger partial charge in [0.1, 0.15) is 0 Å². The molecule has 116 valence electrons. The lowest BCUT2D eigenvalue weighted by Gasteiger charge is -2.23. The first-order valence-corrected chi connectivity index (χ1v) is 7.14. The van der Waals surface area contributed by atoms with E-state index < -0.39 is 0 Å². The van der Waals surface area contributed by atoms with Crippen molar-refractivity contribution >= 4 is 17.6 Å². The highest BCUT2D eigenvalue weighted by atomic mass is 16.2. The number of rotatable bonds is 4. The van der Waals surface area contributed by atoms with E-state index in [4.69, 9.17) is 0 Å². The Balaban J connectivity index is 2.62. The molecule has 0 fully saturated rings. The number of amides is 3. The fourth-order valence-corrected chi connectivity index (χ4v) is 1.91. The molecule has 0 atom stereocenters. The molecule has 0 aromatic heterocycles. The van der Waals surface area contributed by atoms with Crippen LogP contribution in [0, 0.1) is 0 Å². The topological polar surface area (TPSA) is 70.2 Å². The summed E-state index contributed by atoms with van der Waals surface area (Å²) in [6.45, 7) is 9.93. The van der Waals surface area contributed by atoms with Gasteiger partial charge in [-0.25, -0.2) is 4.79 Å². The molecule has 5 heteroatoms. The molecular formula is C16H25N3O2. The minimum Gasteiger partial charge on any atom is -0.336 e. The summed E-state index contributed by atoms with van der Waals surface area (Å²) in [7, 11) is 0. The van der Waals surface area contributed by atoms with E-state index in [1.165, 1.54) is 0 Å². The van der Waals surface area contributed by atoms with Crippen LogP contribution >= 0.6 is 0 Å². The molecule has 0 unspecified atom stereocenters. The molecule has 0 radical (unpaired) electrons. The lowest BCUT2D eigenvalue weighted by atomic mass is 9.86. The Morgan fingerprint density at radius 3 is 2.33 bits per heavy atom. The largest absolute Gasteiger partial charge is 0.336 e. The molecule has 0 aliphatic rings. The Bertz CT molecular complexity index is 504. The van der Waals surface area contributed by atoms with Crippen LogP contribution in [-0.4, -0.2) is 24.5 Å². The summed E-state index contributed by atoms with van der Waals surface area (Å²) in [5.41, 5.74) is 1.78. The average Bonchev–Trinajstić information content (AvgIpc) is 2.35. The van der Waals surface area contributed by atoms with Crippen LogP contribution in [0.1, 0.15) is 40.2 Å². The molecule has 1 rings (SSSR count). The third-order valence-electron chi connectivity index (χ3n) is 2.84. The van der Waals surface area contributed by atoms with Crippen LogP contribution in [0.4, 0.5) is 10.5 Å². The first kappa shape index (κ1) is 17.0. The summed E-state index contributed by atoms with van der Waals surface area (Å²) in [5.74, 6) is -0.245. The smallest absolute Gasteiger partial charge is 0.315 e. The van der Waals surface area contributed by atoms with Crippen LogP contribution in [0.25, 0.3) is 0 Å². The highest BCUT2D eigenvalue weighted by Gasteiger charge is 2.18. The molecule has 1 aromatic carbocycles. The molecule has 5 nitrogen and oxygen atoms in total. The van der Waals surface area contributed by atoms with Crippen LogP contribution in [0.2, 0.25) is 0 Å². The van der Waals surface area contributed by atoms with Gasteiger partial charge in [-0.1, -0.05) is 39.0 Å². The molecule has 3 N–H and O–H groups in total. The second-order valence-corrected chi connectivity index (χ2v) is 6.33. The Kier molecular flexibility index (Phi) is 5.76. The van der Waals surface area contributed by atoms with Crippen LogP contribution in [-0.2, 0) is 10.2 Å². The number of urea groups is 1. The van der Waals surface area contributed by atoms with E-state index in [0.29, 0.717) is 0 Å². The molecular weight excluding hydrogens is 266 g/mol. The van der Waals surface area contributed by atoms with Crippen LogP contribution in [0.5, 0.6) is 0 Å². The van der Waals surface area contributed by atoms with E-state index >= 15 is 0 Å². The Morgan fingerprint density at radius 1 is 1.14 bits per heavy atom. The quantitative estimate of drug-likeness (QED) is 0.798. The summed E-state index contributed by atoms with van der Waals surface area (Å²) >= 11 is 0. The Hall–Kier alpha value is -2.04. The molecule has 1 aromatic rings. The standard InChI is InChI=1S/C16H25N3O2/c1-11(2)18-15(21)17-10-14(20)19-13-9-7-6-8-12(13)16(3,4)5/h6-9,11H,10H2,1-5H3,(H,19,20)(H2,17,18,21).